The second-order valence-electron chi connectivity index (χ2n) is 4.40. The number of nitro benzene ring substituents is 1. The zero-order chi connectivity index (χ0) is 14.7. The molecule has 0 unspecified atom stereocenters. The molecule has 0 aliphatic rings. The van der Waals surface area contributed by atoms with E-state index in [0.717, 1.165) is 21.7 Å². The number of benzene rings is 2. The van der Waals surface area contributed by atoms with E-state index in [1.807, 2.05) is 25.1 Å². The zero-order valence-electron chi connectivity index (χ0n) is 10.8. The number of halogens is 1. The molecule has 0 aliphatic heterocycles. The molecule has 0 heterocycles. The first-order chi connectivity index (χ1) is 9.47. The van der Waals surface area contributed by atoms with Crippen LogP contribution in [0.4, 0.5) is 11.4 Å². The molecule has 2 N–H and O–H groups in total. The summed E-state index contributed by atoms with van der Waals surface area (Å²) in [7, 11) is 0. The fraction of sp³-hybridized carbons (Fsp3) is 0.143. The molecule has 0 radical (unpaired) electrons. The Labute approximate surface area is 124 Å². The summed E-state index contributed by atoms with van der Waals surface area (Å²) in [5, 5.41) is 23.2. The van der Waals surface area contributed by atoms with E-state index in [-0.39, 0.29) is 11.4 Å². The number of nitrogens with zero attached hydrogens (tertiary/aromatic N) is 1. The maximum Gasteiger partial charge on any atom is 0.296 e. The quantitative estimate of drug-likeness (QED) is 0.503. The summed E-state index contributed by atoms with van der Waals surface area (Å²) in [6, 6.07) is 9.95. The van der Waals surface area contributed by atoms with Crippen LogP contribution in [0.5, 0.6) is 5.75 Å². The summed E-state index contributed by atoms with van der Waals surface area (Å²) >= 11 is 3.45. The van der Waals surface area contributed by atoms with Crippen LogP contribution >= 0.6 is 15.9 Å². The minimum atomic E-state index is -0.521. The fourth-order valence-corrected chi connectivity index (χ4v) is 2.19. The Kier molecular flexibility index (Phi) is 4.24. The highest BCUT2D eigenvalue weighted by Gasteiger charge is 2.14. The van der Waals surface area contributed by atoms with Crippen LogP contribution in [0.25, 0.3) is 0 Å². The molecule has 0 saturated heterocycles. The highest BCUT2D eigenvalue weighted by atomic mass is 79.9. The van der Waals surface area contributed by atoms with E-state index >= 15 is 0 Å². The van der Waals surface area contributed by atoms with Crippen LogP contribution in [-0.4, -0.2) is 10.0 Å². The fourth-order valence-electron chi connectivity index (χ4n) is 1.76. The van der Waals surface area contributed by atoms with Gasteiger partial charge in [0.1, 0.15) is 11.4 Å². The van der Waals surface area contributed by atoms with Crippen molar-refractivity contribution in [2.24, 2.45) is 0 Å². The number of hydrogen-bond acceptors (Lipinski definition) is 4. The molecule has 0 aliphatic carbocycles. The molecule has 104 valence electrons. The van der Waals surface area contributed by atoms with Crippen LogP contribution in [-0.2, 0) is 6.54 Å². The number of phenolic OH excluding ortho intramolecular Hbond substituents is 1. The van der Waals surface area contributed by atoms with E-state index in [2.05, 4.69) is 21.2 Å². The van der Waals surface area contributed by atoms with Crippen molar-refractivity contribution >= 4 is 27.3 Å². The Balaban J connectivity index is 2.18. The molecule has 2 aromatic carbocycles. The van der Waals surface area contributed by atoms with E-state index < -0.39 is 4.92 Å². The molecular formula is C14H13BrN2O3. The van der Waals surface area contributed by atoms with Crippen molar-refractivity contribution in [3.8, 4) is 5.75 Å². The third-order valence-electron chi connectivity index (χ3n) is 2.90. The topological polar surface area (TPSA) is 75.4 Å². The molecule has 0 amide bonds. The highest BCUT2D eigenvalue weighted by Crippen LogP contribution is 2.29. The Hall–Kier alpha value is -2.08. The smallest absolute Gasteiger partial charge is 0.296 e. The van der Waals surface area contributed by atoms with Crippen LogP contribution in [0.15, 0.2) is 40.9 Å². The van der Waals surface area contributed by atoms with Gasteiger partial charge in [-0.15, -0.1) is 0 Å². The number of anilines is 1. The van der Waals surface area contributed by atoms with Gasteiger partial charge >= 0.3 is 0 Å². The number of nitrogens with one attached hydrogen (secondary N) is 1. The standard InChI is InChI=1S/C14H13BrN2O3/c1-9-2-3-10(6-12(9)15)8-16-13-5-4-11(18)7-14(13)17(19)20/h2-7,16,18H,8H2,1H3. The van der Waals surface area contributed by atoms with Gasteiger partial charge in [0.2, 0.25) is 0 Å². The summed E-state index contributed by atoms with van der Waals surface area (Å²) < 4.78 is 0.997. The molecule has 20 heavy (non-hydrogen) atoms. The monoisotopic (exact) mass is 336 g/mol. The molecule has 0 aromatic heterocycles. The second-order valence-corrected chi connectivity index (χ2v) is 5.25. The van der Waals surface area contributed by atoms with Crippen LogP contribution in [0.2, 0.25) is 0 Å². The molecule has 2 aromatic rings. The largest absolute Gasteiger partial charge is 0.508 e. The minimum absolute atomic E-state index is 0.125. The third-order valence-corrected chi connectivity index (χ3v) is 3.75. The Morgan fingerprint density at radius 1 is 1.30 bits per heavy atom. The van der Waals surface area contributed by atoms with E-state index in [4.69, 9.17) is 0 Å². The van der Waals surface area contributed by atoms with E-state index in [1.54, 1.807) is 0 Å². The highest BCUT2D eigenvalue weighted by molar-refractivity contribution is 9.10. The van der Waals surface area contributed by atoms with Crippen LogP contribution in [0, 0.1) is 17.0 Å². The lowest BCUT2D eigenvalue weighted by molar-refractivity contribution is -0.384. The van der Waals surface area contributed by atoms with Gasteiger partial charge in [-0.05, 0) is 36.2 Å². The molecule has 0 bridgehead atoms. The number of aromatic hydroxyl groups is 1. The molecule has 6 heteroatoms. The maximum atomic E-state index is 10.9. The first kappa shape index (κ1) is 14.3. The van der Waals surface area contributed by atoms with Gasteiger partial charge in [-0.3, -0.25) is 10.1 Å². The Morgan fingerprint density at radius 3 is 2.70 bits per heavy atom. The van der Waals surface area contributed by atoms with Crippen molar-refractivity contribution in [1.29, 1.82) is 0 Å². The van der Waals surface area contributed by atoms with Crippen molar-refractivity contribution < 1.29 is 10.0 Å². The van der Waals surface area contributed by atoms with Gasteiger partial charge in [0, 0.05) is 11.0 Å². The third kappa shape index (κ3) is 3.27. The van der Waals surface area contributed by atoms with Gasteiger partial charge in [-0.1, -0.05) is 28.1 Å². The normalized spacial score (nSPS) is 10.3. The SMILES string of the molecule is Cc1ccc(CNc2ccc(O)cc2[N+](=O)[O-])cc1Br. The number of rotatable bonds is 4. The summed E-state index contributed by atoms with van der Waals surface area (Å²) in [6.07, 6.45) is 0. The van der Waals surface area contributed by atoms with Crippen LogP contribution in [0.3, 0.4) is 0 Å². The predicted molar refractivity (Wildman–Crippen MR) is 81.0 cm³/mol. The zero-order valence-corrected chi connectivity index (χ0v) is 12.3. The molecule has 0 atom stereocenters. The summed E-state index contributed by atoms with van der Waals surface area (Å²) in [5.41, 5.74) is 2.37. The number of nitro groups is 1. The molecule has 2 rings (SSSR count). The van der Waals surface area contributed by atoms with Crippen LogP contribution in [0.1, 0.15) is 11.1 Å². The molecule has 0 saturated carbocycles. The average Bonchev–Trinajstić information content (AvgIpc) is 2.41. The van der Waals surface area contributed by atoms with Gasteiger partial charge in [-0.2, -0.15) is 0 Å². The van der Waals surface area contributed by atoms with Crippen LogP contribution < -0.4 is 5.32 Å². The van der Waals surface area contributed by atoms with Gasteiger partial charge in [0.05, 0.1) is 11.0 Å². The number of phenols is 1. The van der Waals surface area contributed by atoms with Gasteiger partial charge < -0.3 is 10.4 Å². The number of hydrogen-bond donors (Lipinski definition) is 2. The lowest BCUT2D eigenvalue weighted by Crippen LogP contribution is -2.02. The van der Waals surface area contributed by atoms with Crippen molar-refractivity contribution in [2.45, 2.75) is 13.5 Å². The lowest BCUT2D eigenvalue weighted by Gasteiger charge is -2.08. The average molecular weight is 337 g/mol. The maximum absolute atomic E-state index is 10.9. The van der Waals surface area contributed by atoms with Gasteiger partial charge in [-0.25, -0.2) is 0 Å². The summed E-state index contributed by atoms with van der Waals surface area (Å²) in [5.74, 6) is -0.125. The Morgan fingerprint density at radius 2 is 2.05 bits per heavy atom. The van der Waals surface area contributed by atoms with Crippen molar-refractivity contribution in [1.82, 2.24) is 0 Å². The number of aryl methyl sites for hydroxylation is 1. The molecular weight excluding hydrogens is 324 g/mol. The molecule has 0 fully saturated rings. The minimum Gasteiger partial charge on any atom is -0.508 e. The first-order valence-electron chi connectivity index (χ1n) is 5.93. The van der Waals surface area contributed by atoms with E-state index in [9.17, 15) is 15.2 Å². The van der Waals surface area contributed by atoms with Crippen molar-refractivity contribution in [3.63, 3.8) is 0 Å². The summed E-state index contributed by atoms with van der Waals surface area (Å²) in [4.78, 5) is 10.4. The van der Waals surface area contributed by atoms with E-state index in [1.165, 1.54) is 12.1 Å². The predicted octanol–water partition coefficient (Wildman–Crippen LogP) is 3.98. The Bertz CT molecular complexity index is 659. The second kappa shape index (κ2) is 5.92. The summed E-state index contributed by atoms with van der Waals surface area (Å²) in [6.45, 7) is 2.45. The first-order valence-corrected chi connectivity index (χ1v) is 6.73. The molecule has 5 nitrogen and oxygen atoms in total. The van der Waals surface area contributed by atoms with Crippen molar-refractivity contribution in [2.75, 3.05) is 5.32 Å². The van der Waals surface area contributed by atoms with Crippen molar-refractivity contribution in [3.05, 3.63) is 62.1 Å². The molecule has 0 spiro atoms. The van der Waals surface area contributed by atoms with E-state index in [0.29, 0.717) is 12.2 Å². The van der Waals surface area contributed by atoms with Gasteiger partial charge in [0.25, 0.3) is 5.69 Å². The van der Waals surface area contributed by atoms with Gasteiger partial charge in [0.15, 0.2) is 0 Å². The lowest BCUT2D eigenvalue weighted by atomic mass is 10.1.